The fraction of sp³-hybridized carbons (Fsp3) is 0.562. The van der Waals surface area contributed by atoms with E-state index in [0.29, 0.717) is 24.9 Å². The number of hydrogen-bond donors (Lipinski definition) is 3. The molecule has 1 aromatic rings. The Morgan fingerprint density at radius 2 is 2.05 bits per heavy atom. The zero-order valence-electron chi connectivity index (χ0n) is 12.7. The Morgan fingerprint density at radius 3 is 2.67 bits per heavy atom. The highest BCUT2D eigenvalue weighted by atomic mass is 16.5. The lowest BCUT2D eigenvalue weighted by atomic mass is 9.91. The van der Waals surface area contributed by atoms with E-state index in [1.807, 2.05) is 20.8 Å². The third-order valence-corrected chi connectivity index (χ3v) is 3.71. The molecule has 5 heteroatoms. The van der Waals surface area contributed by atoms with Crippen LogP contribution in [0.5, 0.6) is 5.75 Å². The summed E-state index contributed by atoms with van der Waals surface area (Å²) in [5, 5.41) is 23.2. The molecule has 0 saturated heterocycles. The van der Waals surface area contributed by atoms with Crippen molar-refractivity contribution in [1.82, 2.24) is 0 Å². The number of phenolic OH excluding ortho intramolecular Hbond substituents is 1. The van der Waals surface area contributed by atoms with Gasteiger partial charge in [0.05, 0.1) is 17.9 Å². The van der Waals surface area contributed by atoms with Crippen molar-refractivity contribution >= 4 is 11.6 Å². The average molecular weight is 293 g/mol. The molecule has 21 heavy (non-hydrogen) atoms. The first-order valence-corrected chi connectivity index (χ1v) is 7.42. The van der Waals surface area contributed by atoms with E-state index in [2.05, 4.69) is 5.32 Å². The van der Waals surface area contributed by atoms with Crippen molar-refractivity contribution in [2.24, 2.45) is 0 Å². The van der Waals surface area contributed by atoms with Crippen molar-refractivity contribution in [3.05, 3.63) is 23.3 Å². The molecular formula is C16H23NO4. The number of aromatic hydroxyl groups is 1. The number of hydrogen-bond acceptors (Lipinski definition) is 4. The summed E-state index contributed by atoms with van der Waals surface area (Å²) in [4.78, 5) is 11.5. The van der Waals surface area contributed by atoms with Crippen LogP contribution < -0.4 is 5.32 Å². The highest BCUT2D eigenvalue weighted by Gasteiger charge is 2.28. The smallest absolute Gasteiger partial charge is 0.224 e. The van der Waals surface area contributed by atoms with Gasteiger partial charge >= 0.3 is 0 Å². The molecular weight excluding hydrogens is 270 g/mol. The quantitative estimate of drug-likeness (QED) is 0.729. The molecule has 1 aliphatic rings. The number of amides is 1. The number of aliphatic hydroxyl groups excluding tert-OH is 1. The molecule has 3 N–H and O–H groups in total. The van der Waals surface area contributed by atoms with Crippen LogP contribution in [-0.4, -0.2) is 28.3 Å². The number of aliphatic hydroxyl groups is 1. The topological polar surface area (TPSA) is 78.8 Å². The fourth-order valence-corrected chi connectivity index (χ4v) is 2.72. The maximum atomic E-state index is 11.5. The van der Waals surface area contributed by atoms with Crippen LogP contribution in [0.25, 0.3) is 0 Å². The molecule has 0 fully saturated rings. The Labute approximate surface area is 124 Å². The summed E-state index contributed by atoms with van der Waals surface area (Å²) in [6, 6.07) is 3.22. The van der Waals surface area contributed by atoms with Crippen molar-refractivity contribution in [2.45, 2.75) is 58.3 Å². The molecule has 2 atom stereocenters. The molecule has 2 unspecified atom stereocenters. The first kappa shape index (κ1) is 15.8. The number of carbonyl (C=O) groups excluding carboxylic acids is 1. The Kier molecular flexibility index (Phi) is 4.85. The Morgan fingerprint density at radius 1 is 1.33 bits per heavy atom. The molecule has 0 spiro atoms. The number of fused-ring (bicyclic) bond motifs is 1. The molecule has 0 aromatic heterocycles. The van der Waals surface area contributed by atoms with Gasteiger partial charge in [-0.15, -0.1) is 0 Å². The second kappa shape index (κ2) is 6.45. The van der Waals surface area contributed by atoms with Gasteiger partial charge in [0.2, 0.25) is 5.91 Å². The van der Waals surface area contributed by atoms with Gasteiger partial charge in [-0.3, -0.25) is 4.79 Å². The average Bonchev–Trinajstić information content (AvgIpc) is 2.45. The van der Waals surface area contributed by atoms with Gasteiger partial charge in [0.25, 0.3) is 0 Å². The van der Waals surface area contributed by atoms with Gasteiger partial charge in [-0.2, -0.15) is 0 Å². The first-order chi connectivity index (χ1) is 9.93. The van der Waals surface area contributed by atoms with Gasteiger partial charge < -0.3 is 20.3 Å². The summed E-state index contributed by atoms with van der Waals surface area (Å²) in [6.07, 6.45) is 0.495. The third kappa shape index (κ3) is 3.36. The molecule has 2 rings (SSSR count). The van der Waals surface area contributed by atoms with Crippen molar-refractivity contribution in [3.8, 4) is 5.75 Å². The summed E-state index contributed by atoms with van der Waals surface area (Å²) < 4.78 is 5.76. The number of ether oxygens (including phenoxy) is 1. The van der Waals surface area contributed by atoms with Gasteiger partial charge in [-0.25, -0.2) is 0 Å². The number of nitrogens with one attached hydrogen (secondary N) is 1. The van der Waals surface area contributed by atoms with Crippen molar-refractivity contribution in [3.63, 3.8) is 0 Å². The molecule has 0 bridgehead atoms. The van der Waals surface area contributed by atoms with E-state index < -0.39 is 6.10 Å². The number of benzene rings is 1. The second-order valence-electron chi connectivity index (χ2n) is 5.65. The number of rotatable bonds is 5. The molecule has 0 aliphatic carbocycles. The van der Waals surface area contributed by atoms with E-state index in [4.69, 9.17) is 4.74 Å². The predicted octanol–water partition coefficient (Wildman–Crippen LogP) is 2.51. The molecule has 1 heterocycles. The van der Waals surface area contributed by atoms with Crippen LogP contribution in [0.1, 0.15) is 50.8 Å². The molecule has 1 amide bonds. The molecule has 5 nitrogen and oxygen atoms in total. The number of anilines is 1. The zero-order valence-corrected chi connectivity index (χ0v) is 12.7. The van der Waals surface area contributed by atoms with E-state index in [1.165, 1.54) is 6.07 Å². The van der Waals surface area contributed by atoms with Crippen LogP contribution in [0, 0.1) is 0 Å². The summed E-state index contributed by atoms with van der Waals surface area (Å²) >= 11 is 0. The van der Waals surface area contributed by atoms with Gasteiger partial charge in [0, 0.05) is 6.42 Å². The van der Waals surface area contributed by atoms with Gasteiger partial charge in [-0.05, 0) is 43.9 Å². The number of phenols is 1. The normalized spacial score (nSPS) is 17.3. The monoisotopic (exact) mass is 293 g/mol. The van der Waals surface area contributed by atoms with Crippen LogP contribution in [0.3, 0.4) is 0 Å². The second-order valence-corrected chi connectivity index (χ2v) is 5.65. The van der Waals surface area contributed by atoms with Crippen molar-refractivity contribution in [2.75, 3.05) is 5.32 Å². The standard InChI is InChI=1S/C16H23NO4/c1-4-13(21-9(2)3)16(20)11-5-7-12(18)15-10(11)6-8-14(19)17-15/h5,7,9,13,16,18,20H,4,6,8H2,1-3H3,(H,17,19). The molecule has 1 aliphatic heterocycles. The van der Waals surface area contributed by atoms with Crippen molar-refractivity contribution < 1.29 is 19.7 Å². The van der Waals surface area contributed by atoms with Crippen molar-refractivity contribution in [1.29, 1.82) is 0 Å². The van der Waals surface area contributed by atoms with Crippen LogP contribution in [0.2, 0.25) is 0 Å². The lowest BCUT2D eigenvalue weighted by Gasteiger charge is -2.28. The lowest BCUT2D eigenvalue weighted by molar-refractivity contribution is -0.116. The van der Waals surface area contributed by atoms with Gasteiger partial charge in [0.15, 0.2) is 0 Å². The minimum absolute atomic E-state index is 0.0252. The van der Waals surface area contributed by atoms with Crippen LogP contribution >= 0.6 is 0 Å². The molecule has 0 radical (unpaired) electrons. The summed E-state index contributed by atoms with van der Waals surface area (Å²) in [6.45, 7) is 5.83. The Bertz CT molecular complexity index is 527. The van der Waals surface area contributed by atoms with Crippen LogP contribution in [0.15, 0.2) is 12.1 Å². The Balaban J connectivity index is 2.35. The van der Waals surface area contributed by atoms with Crippen LogP contribution in [0.4, 0.5) is 5.69 Å². The van der Waals surface area contributed by atoms with Crippen LogP contribution in [-0.2, 0) is 16.0 Å². The SMILES string of the molecule is CCC(OC(C)C)C(O)c1ccc(O)c2c1CCC(=O)N2. The minimum atomic E-state index is -0.776. The minimum Gasteiger partial charge on any atom is -0.506 e. The highest BCUT2D eigenvalue weighted by Crippen LogP contribution is 2.38. The predicted molar refractivity (Wildman–Crippen MR) is 80.3 cm³/mol. The summed E-state index contributed by atoms with van der Waals surface area (Å²) in [7, 11) is 0. The third-order valence-electron chi connectivity index (χ3n) is 3.71. The fourth-order valence-electron chi connectivity index (χ4n) is 2.72. The highest BCUT2D eigenvalue weighted by molar-refractivity contribution is 5.96. The van der Waals surface area contributed by atoms with E-state index in [0.717, 1.165) is 11.1 Å². The maximum absolute atomic E-state index is 11.5. The molecule has 1 aromatic carbocycles. The van der Waals surface area contributed by atoms with E-state index in [1.54, 1.807) is 6.07 Å². The maximum Gasteiger partial charge on any atom is 0.224 e. The van der Waals surface area contributed by atoms with E-state index in [-0.39, 0.29) is 23.9 Å². The zero-order chi connectivity index (χ0) is 15.6. The van der Waals surface area contributed by atoms with E-state index >= 15 is 0 Å². The summed E-state index contributed by atoms with van der Waals surface area (Å²) in [5.41, 5.74) is 1.94. The molecule has 116 valence electrons. The Hall–Kier alpha value is -1.59. The van der Waals surface area contributed by atoms with Gasteiger partial charge in [-0.1, -0.05) is 13.0 Å². The summed E-state index contributed by atoms with van der Waals surface area (Å²) in [5.74, 6) is -0.0817. The molecule has 0 saturated carbocycles. The first-order valence-electron chi connectivity index (χ1n) is 7.42. The van der Waals surface area contributed by atoms with Gasteiger partial charge in [0.1, 0.15) is 11.9 Å². The lowest BCUT2D eigenvalue weighted by Crippen LogP contribution is -2.27. The van der Waals surface area contributed by atoms with E-state index in [9.17, 15) is 15.0 Å². The largest absolute Gasteiger partial charge is 0.506 e. The number of carbonyl (C=O) groups is 1.